The lowest BCUT2D eigenvalue weighted by atomic mass is 9.93. The van der Waals surface area contributed by atoms with Crippen molar-refractivity contribution in [2.75, 3.05) is 19.8 Å². The first-order valence-electron chi connectivity index (χ1n) is 10.2. The molecule has 0 bridgehead atoms. The lowest BCUT2D eigenvalue weighted by molar-refractivity contribution is -0.139. The van der Waals surface area contributed by atoms with Crippen molar-refractivity contribution < 1.29 is 55.1 Å². The van der Waals surface area contributed by atoms with E-state index < -0.39 is 61.5 Å². The van der Waals surface area contributed by atoms with Gasteiger partial charge in [0, 0.05) is 0 Å². The number of ether oxygens (including phenoxy) is 1. The third-order valence-corrected chi connectivity index (χ3v) is 5.52. The number of hydrogen-bond acceptors (Lipinski definition) is 5. The Balaban J connectivity index is 2.04. The van der Waals surface area contributed by atoms with Crippen molar-refractivity contribution in [2.24, 2.45) is 5.73 Å². The maximum absolute atomic E-state index is 13.7. The summed E-state index contributed by atoms with van der Waals surface area (Å²) in [6.45, 7) is -1.73. The summed E-state index contributed by atoms with van der Waals surface area (Å²) in [7, 11) is -4.86. The summed E-state index contributed by atoms with van der Waals surface area (Å²) >= 11 is 0. The van der Waals surface area contributed by atoms with Gasteiger partial charge in [0.15, 0.2) is 17.5 Å². The lowest BCUT2D eigenvalue weighted by Crippen LogP contribution is -2.48. The van der Waals surface area contributed by atoms with Gasteiger partial charge in [-0.3, -0.25) is 4.52 Å². The molecule has 14 heteroatoms. The van der Waals surface area contributed by atoms with Gasteiger partial charge in [-0.1, -0.05) is 12.1 Å². The van der Waals surface area contributed by atoms with Gasteiger partial charge >= 0.3 is 14.0 Å². The molecule has 5 N–H and O–H groups in total. The zero-order chi connectivity index (χ0) is 26.4. The van der Waals surface area contributed by atoms with E-state index in [-0.39, 0.29) is 43.4 Å². The van der Waals surface area contributed by atoms with E-state index in [1.807, 2.05) is 0 Å². The van der Waals surface area contributed by atoms with Gasteiger partial charge in [0.2, 0.25) is 0 Å². The maximum atomic E-state index is 13.7. The van der Waals surface area contributed by atoms with Crippen molar-refractivity contribution in [3.63, 3.8) is 0 Å². The number of nitrogens with two attached hydrogens (primary N) is 1. The van der Waals surface area contributed by atoms with Gasteiger partial charge in [0.05, 0.1) is 30.9 Å². The highest BCUT2D eigenvalue weighted by Gasteiger charge is 2.35. The summed E-state index contributed by atoms with van der Waals surface area (Å²) in [5.74, 6) is -4.85. The number of benzene rings is 2. The van der Waals surface area contributed by atoms with Crippen LogP contribution >= 0.6 is 7.82 Å². The van der Waals surface area contributed by atoms with Crippen LogP contribution < -0.4 is 10.5 Å². The second-order valence-electron chi connectivity index (χ2n) is 7.90. The third kappa shape index (κ3) is 8.78. The Morgan fingerprint density at radius 1 is 1.00 bits per heavy atom. The number of aliphatic hydroxyl groups excluding tert-OH is 1. The van der Waals surface area contributed by atoms with Gasteiger partial charge < -0.3 is 25.4 Å². The lowest BCUT2D eigenvalue weighted by Gasteiger charge is -2.27. The highest BCUT2D eigenvalue weighted by molar-refractivity contribution is 7.46. The summed E-state index contributed by atoms with van der Waals surface area (Å²) < 4.78 is 101. The minimum absolute atomic E-state index is 0.0206. The predicted molar refractivity (Wildman–Crippen MR) is 112 cm³/mol. The molecule has 0 amide bonds. The van der Waals surface area contributed by atoms with Crippen LogP contribution in [-0.2, 0) is 28.1 Å². The summed E-state index contributed by atoms with van der Waals surface area (Å²) in [5, 5.41) is 9.42. The minimum Gasteiger partial charge on any atom is -0.493 e. The van der Waals surface area contributed by atoms with Gasteiger partial charge in [0.25, 0.3) is 0 Å². The number of phosphoric acid groups is 1. The maximum Gasteiger partial charge on any atom is 0.469 e. The number of rotatable bonds is 12. The van der Waals surface area contributed by atoms with Crippen LogP contribution in [0.25, 0.3) is 0 Å². The van der Waals surface area contributed by atoms with Crippen LogP contribution in [0.2, 0.25) is 0 Å². The average molecular weight is 531 g/mol. The Kier molecular flexibility index (Phi) is 9.74. The molecule has 0 aliphatic rings. The molecule has 1 unspecified atom stereocenters. The highest BCUT2D eigenvalue weighted by Crippen LogP contribution is 2.38. The number of hydrogen-bond donors (Lipinski definition) is 4. The molecule has 0 saturated heterocycles. The molecule has 0 spiro atoms. The summed E-state index contributed by atoms with van der Waals surface area (Å²) in [5.41, 5.74) is 3.13. The van der Waals surface area contributed by atoms with Crippen LogP contribution in [0.4, 0.5) is 26.3 Å². The quantitative estimate of drug-likeness (QED) is 0.142. The topological polar surface area (TPSA) is 122 Å². The molecule has 0 aromatic heterocycles. The van der Waals surface area contributed by atoms with Crippen LogP contribution in [0.3, 0.4) is 0 Å². The van der Waals surface area contributed by atoms with E-state index in [4.69, 9.17) is 20.3 Å². The first-order chi connectivity index (χ1) is 16.1. The Morgan fingerprint density at radius 3 is 2.29 bits per heavy atom. The Morgan fingerprint density at radius 2 is 1.69 bits per heavy atom. The smallest absolute Gasteiger partial charge is 0.469 e. The van der Waals surface area contributed by atoms with E-state index in [0.717, 1.165) is 24.3 Å². The molecule has 1 atom stereocenters. The fourth-order valence-corrected chi connectivity index (χ4v) is 3.51. The first-order valence-corrected chi connectivity index (χ1v) is 11.7. The fourth-order valence-electron chi connectivity index (χ4n) is 3.09. The summed E-state index contributed by atoms with van der Waals surface area (Å²) in [4.78, 5) is 17.5. The van der Waals surface area contributed by atoms with E-state index in [0.29, 0.717) is 0 Å². The minimum atomic E-state index is -4.86. The van der Waals surface area contributed by atoms with Crippen molar-refractivity contribution in [1.29, 1.82) is 0 Å². The summed E-state index contributed by atoms with van der Waals surface area (Å²) in [6, 6.07) is 4.99. The first kappa shape index (κ1) is 29.1. The van der Waals surface area contributed by atoms with Crippen molar-refractivity contribution in [2.45, 2.75) is 37.4 Å². The van der Waals surface area contributed by atoms with E-state index in [2.05, 4.69) is 4.52 Å². The largest absolute Gasteiger partial charge is 0.493 e. The second kappa shape index (κ2) is 11.7. The molecule has 2 aromatic rings. The van der Waals surface area contributed by atoms with E-state index >= 15 is 0 Å². The van der Waals surface area contributed by atoms with Gasteiger partial charge in [-0.25, -0.2) is 17.7 Å². The normalized spacial score (nSPS) is 14.1. The SMILES string of the molecule is NC(CO)(CCc1ccc(OCCCc2ccc(F)c(F)c2F)c(C(F)(F)F)c1)COP(=O)(O)O. The van der Waals surface area contributed by atoms with E-state index in [1.165, 1.54) is 6.07 Å². The molecule has 0 aliphatic heterocycles. The van der Waals surface area contributed by atoms with Crippen molar-refractivity contribution in [3.05, 3.63) is 64.5 Å². The number of alkyl halides is 3. The zero-order valence-corrected chi connectivity index (χ0v) is 19.1. The van der Waals surface area contributed by atoms with Gasteiger partial charge in [-0.05, 0) is 55.0 Å². The van der Waals surface area contributed by atoms with E-state index in [9.17, 15) is 36.0 Å². The van der Waals surface area contributed by atoms with Crippen LogP contribution in [-0.4, -0.2) is 40.3 Å². The molecular weight excluding hydrogens is 507 g/mol. The summed E-state index contributed by atoms with van der Waals surface area (Å²) in [6.07, 6.45) is -5.11. The highest BCUT2D eigenvalue weighted by atomic mass is 31.2. The van der Waals surface area contributed by atoms with Crippen LogP contribution in [0.5, 0.6) is 5.75 Å². The molecular formula is C21H24F6NO6P. The van der Waals surface area contributed by atoms with Gasteiger partial charge in [-0.2, -0.15) is 13.2 Å². The van der Waals surface area contributed by atoms with Crippen LogP contribution in [0, 0.1) is 17.5 Å². The molecule has 0 saturated carbocycles. The molecule has 0 aliphatic carbocycles. The van der Waals surface area contributed by atoms with Gasteiger partial charge in [-0.15, -0.1) is 0 Å². The van der Waals surface area contributed by atoms with E-state index in [1.54, 1.807) is 0 Å². The second-order valence-corrected chi connectivity index (χ2v) is 9.14. The Bertz CT molecular complexity index is 1060. The van der Waals surface area contributed by atoms with Gasteiger partial charge in [0.1, 0.15) is 5.75 Å². The van der Waals surface area contributed by atoms with Crippen LogP contribution in [0.1, 0.15) is 29.5 Å². The van der Waals surface area contributed by atoms with Crippen molar-refractivity contribution in [3.8, 4) is 5.75 Å². The molecule has 0 radical (unpaired) electrons. The number of phosphoric ester groups is 1. The Labute approximate surface area is 196 Å². The number of halogens is 6. The number of aliphatic hydroxyl groups is 1. The third-order valence-electron chi connectivity index (χ3n) is 5.06. The average Bonchev–Trinajstić information content (AvgIpc) is 2.78. The molecule has 2 rings (SSSR count). The molecule has 196 valence electrons. The molecule has 0 heterocycles. The molecule has 35 heavy (non-hydrogen) atoms. The predicted octanol–water partition coefficient (Wildman–Crippen LogP) is 3.87. The van der Waals surface area contributed by atoms with Crippen LogP contribution in [0.15, 0.2) is 30.3 Å². The molecule has 2 aromatic carbocycles. The number of aryl methyl sites for hydroxylation is 2. The van der Waals surface area contributed by atoms with Crippen molar-refractivity contribution in [1.82, 2.24) is 0 Å². The monoisotopic (exact) mass is 531 g/mol. The Hall–Kier alpha value is -2.15. The van der Waals surface area contributed by atoms with Crippen molar-refractivity contribution >= 4 is 7.82 Å². The molecule has 7 nitrogen and oxygen atoms in total. The zero-order valence-electron chi connectivity index (χ0n) is 18.2. The fraction of sp³-hybridized carbons (Fsp3) is 0.429. The standard InChI is InChI=1S/C21H24F6NO6P/c22-16-5-4-14(18(23)19(16)24)2-1-9-33-17-6-3-13(10-15(17)21(25,26)27)7-8-20(28,11-29)12-34-35(30,31)32/h3-6,10,29H,1-2,7-9,11-12,28H2,(H2,30,31,32). The molecule has 0 fully saturated rings.